The Balaban J connectivity index is 1.91. The lowest BCUT2D eigenvalue weighted by Crippen LogP contribution is -2.24. The maximum Gasteiger partial charge on any atom is 0.227 e. The van der Waals surface area contributed by atoms with E-state index >= 15 is 0 Å². The van der Waals surface area contributed by atoms with Crippen LogP contribution in [0.25, 0.3) is 0 Å². The minimum absolute atomic E-state index is 0.175. The highest BCUT2D eigenvalue weighted by Crippen LogP contribution is 2.24. The van der Waals surface area contributed by atoms with Gasteiger partial charge in [0.05, 0.1) is 0 Å². The Bertz CT molecular complexity index is 315. The average molecular weight is 202 g/mol. The molecule has 1 aliphatic rings. The predicted octanol–water partition coefficient (Wildman–Crippen LogP) is 3.01. The van der Waals surface area contributed by atoms with E-state index in [1.54, 1.807) is 6.07 Å². The molecule has 0 spiro atoms. The van der Waals surface area contributed by atoms with Crippen LogP contribution in [0.5, 0.6) is 0 Å². The number of carbonyl (C=O) groups is 1. The summed E-state index contributed by atoms with van der Waals surface area (Å²) in [4.78, 5) is 11.8. The van der Waals surface area contributed by atoms with Crippen molar-refractivity contribution in [1.82, 2.24) is 0 Å². The van der Waals surface area contributed by atoms with E-state index in [0.29, 0.717) is 0 Å². The van der Waals surface area contributed by atoms with E-state index < -0.39 is 0 Å². The summed E-state index contributed by atoms with van der Waals surface area (Å²) in [5.74, 6) is 0.397. The van der Waals surface area contributed by atoms with Gasteiger partial charge in [0.2, 0.25) is 5.91 Å². The molecular formula is C13H16NO. The second-order valence-corrected chi connectivity index (χ2v) is 4.12. The van der Waals surface area contributed by atoms with Crippen LogP contribution in [-0.2, 0) is 4.79 Å². The maximum atomic E-state index is 11.8. The Morgan fingerprint density at radius 2 is 2.13 bits per heavy atom. The van der Waals surface area contributed by atoms with Gasteiger partial charge in [0, 0.05) is 11.6 Å². The highest BCUT2D eigenvalue weighted by Gasteiger charge is 2.20. The number of anilines is 1. The van der Waals surface area contributed by atoms with Gasteiger partial charge in [0.25, 0.3) is 0 Å². The van der Waals surface area contributed by atoms with Crippen molar-refractivity contribution in [3.8, 4) is 0 Å². The predicted molar refractivity (Wildman–Crippen MR) is 60.5 cm³/mol. The van der Waals surface area contributed by atoms with Crippen LogP contribution < -0.4 is 5.32 Å². The van der Waals surface area contributed by atoms with Crippen LogP contribution >= 0.6 is 0 Å². The van der Waals surface area contributed by atoms with Gasteiger partial charge in [0.1, 0.15) is 0 Å². The molecule has 0 atom stereocenters. The molecule has 0 aromatic heterocycles. The third-order valence-corrected chi connectivity index (χ3v) is 2.95. The van der Waals surface area contributed by atoms with E-state index in [1.165, 1.54) is 19.3 Å². The van der Waals surface area contributed by atoms with Gasteiger partial charge < -0.3 is 5.32 Å². The van der Waals surface area contributed by atoms with Gasteiger partial charge in [-0.15, -0.1) is 0 Å². The molecule has 2 nitrogen and oxygen atoms in total. The fourth-order valence-corrected chi connectivity index (χ4v) is 2.08. The number of hydrogen-bond acceptors (Lipinski definition) is 1. The van der Waals surface area contributed by atoms with Crippen molar-refractivity contribution in [3.63, 3.8) is 0 Å². The van der Waals surface area contributed by atoms with Gasteiger partial charge in [-0.3, -0.25) is 4.79 Å². The fourth-order valence-electron chi connectivity index (χ4n) is 2.08. The minimum Gasteiger partial charge on any atom is -0.326 e. The number of benzene rings is 1. The Labute approximate surface area is 90.7 Å². The van der Waals surface area contributed by atoms with Crippen LogP contribution in [0.1, 0.15) is 32.1 Å². The first kappa shape index (κ1) is 10.2. The lowest BCUT2D eigenvalue weighted by atomic mass is 9.88. The molecule has 0 heterocycles. The molecule has 1 aromatic rings. The molecule has 15 heavy (non-hydrogen) atoms. The summed E-state index contributed by atoms with van der Waals surface area (Å²) >= 11 is 0. The van der Waals surface area contributed by atoms with Crippen LogP contribution in [-0.4, -0.2) is 5.91 Å². The van der Waals surface area contributed by atoms with E-state index in [1.807, 2.05) is 18.2 Å². The molecule has 1 N–H and O–H groups in total. The first-order valence-electron chi connectivity index (χ1n) is 5.63. The third kappa shape index (κ3) is 2.82. The normalized spacial score (nSPS) is 17.3. The van der Waals surface area contributed by atoms with E-state index in [4.69, 9.17) is 0 Å². The van der Waals surface area contributed by atoms with Gasteiger partial charge in [-0.2, -0.15) is 0 Å². The molecule has 1 amide bonds. The van der Waals surface area contributed by atoms with Gasteiger partial charge in [-0.05, 0) is 31.0 Å². The summed E-state index contributed by atoms with van der Waals surface area (Å²) < 4.78 is 0. The summed E-state index contributed by atoms with van der Waals surface area (Å²) in [5, 5.41) is 2.94. The summed E-state index contributed by atoms with van der Waals surface area (Å²) in [5.41, 5.74) is 0.855. The molecule has 2 rings (SSSR count). The second-order valence-electron chi connectivity index (χ2n) is 4.12. The largest absolute Gasteiger partial charge is 0.326 e. The molecule has 0 saturated heterocycles. The standard InChI is InChI=1S/C13H16NO/c15-13(11-7-3-1-4-8-11)14-12-9-5-2-6-10-12/h2,5,9-11H,1,3-4,7-8H2,(H,14,15). The topological polar surface area (TPSA) is 29.1 Å². The minimum atomic E-state index is 0.175. The lowest BCUT2D eigenvalue weighted by Gasteiger charge is -2.20. The molecule has 79 valence electrons. The van der Waals surface area contributed by atoms with Crippen LogP contribution in [0.2, 0.25) is 0 Å². The summed E-state index contributed by atoms with van der Waals surface area (Å²) in [6, 6.07) is 10.4. The molecule has 0 unspecified atom stereocenters. The quantitative estimate of drug-likeness (QED) is 0.784. The second kappa shape index (κ2) is 4.96. The van der Waals surface area contributed by atoms with E-state index in [2.05, 4.69) is 11.4 Å². The number of nitrogens with one attached hydrogen (secondary N) is 1. The highest BCUT2D eigenvalue weighted by molar-refractivity contribution is 5.92. The first-order chi connectivity index (χ1) is 7.36. The Morgan fingerprint density at radius 3 is 2.80 bits per heavy atom. The molecule has 1 aromatic carbocycles. The summed E-state index contributed by atoms with van der Waals surface area (Å²) in [6.45, 7) is 0. The Kier molecular flexibility index (Phi) is 3.38. The fraction of sp³-hybridized carbons (Fsp3) is 0.462. The molecule has 1 radical (unpaired) electrons. The zero-order valence-corrected chi connectivity index (χ0v) is 8.83. The molecule has 1 saturated carbocycles. The maximum absolute atomic E-state index is 11.8. The van der Waals surface area contributed by atoms with Gasteiger partial charge in [-0.25, -0.2) is 0 Å². The monoisotopic (exact) mass is 202 g/mol. The number of amides is 1. The van der Waals surface area contributed by atoms with Crippen molar-refractivity contribution in [3.05, 3.63) is 30.3 Å². The van der Waals surface area contributed by atoms with Crippen molar-refractivity contribution in [1.29, 1.82) is 0 Å². The molecule has 1 aliphatic carbocycles. The molecule has 0 aliphatic heterocycles. The van der Waals surface area contributed by atoms with Crippen molar-refractivity contribution in [2.45, 2.75) is 32.1 Å². The van der Waals surface area contributed by atoms with Gasteiger partial charge in [0.15, 0.2) is 0 Å². The first-order valence-corrected chi connectivity index (χ1v) is 5.63. The average Bonchev–Trinajstić information content (AvgIpc) is 2.31. The summed E-state index contributed by atoms with van der Waals surface area (Å²) in [7, 11) is 0. The molecule has 0 bridgehead atoms. The zero-order valence-electron chi connectivity index (χ0n) is 8.83. The van der Waals surface area contributed by atoms with Crippen molar-refractivity contribution >= 4 is 11.6 Å². The molecular weight excluding hydrogens is 186 g/mol. The smallest absolute Gasteiger partial charge is 0.227 e. The van der Waals surface area contributed by atoms with Crippen molar-refractivity contribution in [2.24, 2.45) is 5.92 Å². The SMILES string of the molecule is O=C(Nc1c[c]ccc1)C1CCCCC1. The van der Waals surface area contributed by atoms with Crippen LogP contribution in [0, 0.1) is 12.0 Å². The number of carbonyl (C=O) groups excluding carboxylic acids is 1. The van der Waals surface area contributed by atoms with Crippen molar-refractivity contribution < 1.29 is 4.79 Å². The zero-order chi connectivity index (χ0) is 10.5. The van der Waals surface area contributed by atoms with E-state index in [9.17, 15) is 4.79 Å². The van der Waals surface area contributed by atoms with Crippen molar-refractivity contribution in [2.75, 3.05) is 5.32 Å². The number of rotatable bonds is 2. The lowest BCUT2D eigenvalue weighted by molar-refractivity contribution is -0.120. The Hall–Kier alpha value is -1.31. The third-order valence-electron chi connectivity index (χ3n) is 2.95. The molecule has 2 heteroatoms. The van der Waals surface area contributed by atoms with Crippen LogP contribution in [0.3, 0.4) is 0 Å². The van der Waals surface area contributed by atoms with E-state index in [-0.39, 0.29) is 11.8 Å². The highest BCUT2D eigenvalue weighted by atomic mass is 16.1. The summed E-state index contributed by atoms with van der Waals surface area (Å²) in [6.07, 6.45) is 5.76. The Morgan fingerprint density at radius 1 is 1.33 bits per heavy atom. The number of hydrogen-bond donors (Lipinski definition) is 1. The van der Waals surface area contributed by atoms with Crippen LogP contribution in [0.4, 0.5) is 5.69 Å². The van der Waals surface area contributed by atoms with E-state index in [0.717, 1.165) is 18.5 Å². The van der Waals surface area contributed by atoms with Crippen LogP contribution in [0.15, 0.2) is 24.3 Å². The van der Waals surface area contributed by atoms with Gasteiger partial charge >= 0.3 is 0 Å². The molecule has 1 fully saturated rings. The van der Waals surface area contributed by atoms with Gasteiger partial charge in [-0.1, -0.05) is 31.4 Å².